The van der Waals surface area contributed by atoms with Crippen molar-refractivity contribution in [3.63, 3.8) is 0 Å². The third-order valence-corrected chi connectivity index (χ3v) is 3.16. The number of aryl methyl sites for hydroxylation is 1. The number of carbonyl (C=O) groups excluding carboxylic acids is 1. The summed E-state index contributed by atoms with van der Waals surface area (Å²) in [5.41, 5.74) is 3.11. The van der Waals surface area contributed by atoms with E-state index >= 15 is 0 Å². The van der Waals surface area contributed by atoms with E-state index in [9.17, 15) is 4.79 Å². The smallest absolute Gasteiger partial charge is 0.249 e. The van der Waals surface area contributed by atoms with Crippen LogP contribution in [0, 0.1) is 0 Å². The average molecular weight is 350 g/mol. The van der Waals surface area contributed by atoms with Gasteiger partial charge in [-0.1, -0.05) is 56.1 Å². The van der Waals surface area contributed by atoms with Crippen molar-refractivity contribution in [3.05, 3.63) is 46.5 Å². The van der Waals surface area contributed by atoms with Crippen molar-refractivity contribution >= 4 is 29.1 Å². The number of rotatable bonds is 2. The van der Waals surface area contributed by atoms with E-state index < -0.39 is 0 Å². The molecule has 5 heteroatoms. The molecule has 24 heavy (non-hydrogen) atoms. The summed E-state index contributed by atoms with van der Waals surface area (Å²) in [6, 6.07) is 7.91. The van der Waals surface area contributed by atoms with E-state index in [2.05, 4.69) is 22.4 Å². The summed E-state index contributed by atoms with van der Waals surface area (Å²) >= 11 is 5.82. The van der Waals surface area contributed by atoms with Gasteiger partial charge in [-0.2, -0.15) is 5.10 Å². The molecule has 0 bridgehead atoms. The van der Waals surface area contributed by atoms with Gasteiger partial charge in [0, 0.05) is 23.2 Å². The van der Waals surface area contributed by atoms with Crippen LogP contribution in [0.25, 0.3) is 0 Å². The maximum absolute atomic E-state index is 11.2. The van der Waals surface area contributed by atoms with Crippen LogP contribution in [-0.4, -0.2) is 17.5 Å². The molecule has 1 aromatic carbocycles. The number of carbonyl (C=O) groups is 1. The number of hydrogen-bond acceptors (Lipinski definition) is 3. The van der Waals surface area contributed by atoms with Gasteiger partial charge in [-0.05, 0) is 38.8 Å². The number of hydrogen-bond donors (Lipinski definition) is 1. The van der Waals surface area contributed by atoms with Crippen LogP contribution in [-0.2, 0) is 11.2 Å². The number of amidine groups is 1. The molecular weight excluding hydrogens is 322 g/mol. The first-order valence-electron chi connectivity index (χ1n) is 8.21. The van der Waals surface area contributed by atoms with Gasteiger partial charge in [-0.15, -0.1) is 5.10 Å². The molecule has 132 valence electrons. The van der Waals surface area contributed by atoms with Crippen LogP contribution in [0.3, 0.4) is 0 Å². The second kappa shape index (κ2) is 12.5. The first-order valence-corrected chi connectivity index (χ1v) is 8.59. The zero-order chi connectivity index (χ0) is 18.5. The Balaban J connectivity index is 0.000000420. The highest BCUT2D eigenvalue weighted by Crippen LogP contribution is 2.14. The van der Waals surface area contributed by atoms with Crippen molar-refractivity contribution in [2.45, 2.75) is 54.4 Å². The molecule has 1 heterocycles. The maximum atomic E-state index is 11.2. The maximum Gasteiger partial charge on any atom is 0.249 e. The van der Waals surface area contributed by atoms with Gasteiger partial charge < -0.3 is 5.32 Å². The molecule has 1 amide bonds. The molecule has 0 atom stereocenters. The fraction of sp³-hybridized carbons (Fsp3) is 0.421. The molecule has 0 radical (unpaired) electrons. The molecule has 1 N–H and O–H groups in total. The Hall–Kier alpha value is -1.94. The summed E-state index contributed by atoms with van der Waals surface area (Å²) in [7, 11) is 0. The van der Waals surface area contributed by atoms with E-state index in [-0.39, 0.29) is 5.91 Å². The van der Waals surface area contributed by atoms with Crippen LogP contribution in [0.4, 0.5) is 0 Å². The van der Waals surface area contributed by atoms with Gasteiger partial charge in [0.15, 0.2) is 0 Å². The zero-order valence-electron chi connectivity index (χ0n) is 15.5. The molecule has 0 saturated carbocycles. The molecule has 1 aromatic rings. The summed E-state index contributed by atoms with van der Waals surface area (Å²) in [6.07, 6.45) is 3.19. The summed E-state index contributed by atoms with van der Waals surface area (Å²) in [5.74, 6) is 0.489. The van der Waals surface area contributed by atoms with Crippen molar-refractivity contribution in [3.8, 4) is 0 Å². The summed E-state index contributed by atoms with van der Waals surface area (Å²) in [4.78, 5) is 11.2. The molecule has 0 spiro atoms. The second-order valence-corrected chi connectivity index (χ2v) is 5.62. The average Bonchev–Trinajstić information content (AvgIpc) is 2.94. The van der Waals surface area contributed by atoms with E-state index in [1.54, 1.807) is 0 Å². The fourth-order valence-corrected chi connectivity index (χ4v) is 2.02. The highest BCUT2D eigenvalue weighted by Gasteiger charge is 2.09. The van der Waals surface area contributed by atoms with Gasteiger partial charge in [0.25, 0.3) is 0 Å². The summed E-state index contributed by atoms with van der Waals surface area (Å²) in [5, 5.41) is 11.2. The molecule has 2 rings (SSSR count). The first kappa shape index (κ1) is 22.1. The number of benzene rings is 1. The quantitative estimate of drug-likeness (QED) is 0.735. The van der Waals surface area contributed by atoms with Crippen molar-refractivity contribution < 1.29 is 4.79 Å². The van der Waals surface area contributed by atoms with Gasteiger partial charge in [0.1, 0.15) is 5.84 Å². The largest absolute Gasteiger partial charge is 0.309 e. The lowest BCUT2D eigenvalue weighted by Gasteiger charge is -1.99. The van der Waals surface area contributed by atoms with Gasteiger partial charge in [0.05, 0.1) is 0 Å². The van der Waals surface area contributed by atoms with Crippen LogP contribution in [0.15, 0.2) is 46.1 Å². The van der Waals surface area contributed by atoms with E-state index in [0.29, 0.717) is 12.3 Å². The fourth-order valence-electron chi connectivity index (χ4n) is 1.75. The number of nitrogens with one attached hydrogen (secondary N) is 1. The van der Waals surface area contributed by atoms with E-state index in [4.69, 9.17) is 11.6 Å². The Morgan fingerprint density at radius 3 is 2.29 bits per heavy atom. The number of halogens is 1. The van der Waals surface area contributed by atoms with E-state index in [0.717, 1.165) is 22.7 Å². The van der Waals surface area contributed by atoms with Gasteiger partial charge >= 0.3 is 0 Å². The topological polar surface area (TPSA) is 53.8 Å². The Labute approximate surface area is 150 Å². The van der Waals surface area contributed by atoms with Crippen molar-refractivity contribution in [1.82, 2.24) is 5.32 Å². The van der Waals surface area contributed by atoms with Gasteiger partial charge in [-0.3, -0.25) is 4.79 Å². The van der Waals surface area contributed by atoms with Crippen LogP contribution in [0.2, 0.25) is 5.02 Å². The monoisotopic (exact) mass is 349 g/mol. The number of allylic oxidation sites excluding steroid dienone is 1. The molecular formula is C19H28ClN3O. The standard InChI is InChI=1S/C9H13N3O.C8H9Cl.C2H6/c1-6(2)4-9(13)10-8-5-7(3)11-12-8;1-2-7-5-3-4-6-8(7)9;1-2/h4H,5H2,1-3H3,(H,10,12,13);3-6H,2H2,1H3;1-2H3. The van der Waals surface area contributed by atoms with E-state index in [1.165, 1.54) is 11.6 Å². The summed E-state index contributed by atoms with van der Waals surface area (Å²) in [6.45, 7) is 11.7. The molecule has 0 aromatic heterocycles. The minimum Gasteiger partial charge on any atom is -0.309 e. The van der Waals surface area contributed by atoms with Crippen LogP contribution in [0.5, 0.6) is 0 Å². The Kier molecular flexibility index (Phi) is 11.5. The molecule has 1 aliphatic rings. The predicted molar refractivity (Wildman–Crippen MR) is 105 cm³/mol. The predicted octanol–water partition coefficient (Wildman–Crippen LogP) is 5.18. The lowest BCUT2D eigenvalue weighted by Crippen LogP contribution is -2.28. The zero-order valence-corrected chi connectivity index (χ0v) is 16.2. The number of nitrogens with zero attached hydrogens (tertiary/aromatic N) is 2. The van der Waals surface area contributed by atoms with Crippen LogP contribution in [0.1, 0.15) is 53.5 Å². The highest BCUT2D eigenvalue weighted by molar-refractivity contribution is 6.31. The van der Waals surface area contributed by atoms with Gasteiger partial charge in [-0.25, -0.2) is 0 Å². The second-order valence-electron chi connectivity index (χ2n) is 5.21. The Morgan fingerprint density at radius 1 is 1.25 bits per heavy atom. The molecule has 0 saturated heterocycles. The Bertz CT molecular complexity index is 615. The molecule has 1 aliphatic heterocycles. The Morgan fingerprint density at radius 2 is 1.88 bits per heavy atom. The van der Waals surface area contributed by atoms with E-state index in [1.807, 2.05) is 58.9 Å². The third-order valence-electron chi connectivity index (χ3n) is 2.79. The molecule has 0 unspecified atom stereocenters. The van der Waals surface area contributed by atoms with Crippen LogP contribution < -0.4 is 5.32 Å². The molecule has 0 aliphatic carbocycles. The highest BCUT2D eigenvalue weighted by atomic mass is 35.5. The first-order chi connectivity index (χ1) is 11.4. The minimum absolute atomic E-state index is 0.136. The lowest BCUT2D eigenvalue weighted by molar-refractivity contribution is -0.115. The summed E-state index contributed by atoms with van der Waals surface area (Å²) < 4.78 is 0. The van der Waals surface area contributed by atoms with Crippen molar-refractivity contribution in [1.29, 1.82) is 0 Å². The normalized spacial score (nSPS) is 11.8. The lowest BCUT2D eigenvalue weighted by atomic mass is 10.2. The van der Waals surface area contributed by atoms with Crippen molar-refractivity contribution in [2.75, 3.05) is 0 Å². The SMILES string of the molecule is CC.CC(C)=CC(=O)NC1=NN=C(C)C1.CCc1ccccc1Cl. The molecule has 0 fully saturated rings. The molecule has 4 nitrogen and oxygen atoms in total. The third kappa shape index (κ3) is 9.26. The minimum atomic E-state index is -0.136. The van der Waals surface area contributed by atoms with Crippen molar-refractivity contribution in [2.24, 2.45) is 10.2 Å². The van der Waals surface area contributed by atoms with Gasteiger partial charge in [0.2, 0.25) is 5.91 Å². The number of amides is 1. The van der Waals surface area contributed by atoms with Crippen LogP contribution >= 0.6 is 11.6 Å².